The maximum Gasteiger partial charge on any atom is 0.193 e. The number of benzene rings is 2. The summed E-state index contributed by atoms with van der Waals surface area (Å²) in [6.07, 6.45) is 0.952. The molecular weight excluding hydrogens is 302 g/mol. The summed E-state index contributed by atoms with van der Waals surface area (Å²) in [6, 6.07) is 15.8. The Morgan fingerprint density at radius 3 is 2.71 bits per heavy atom. The minimum Gasteiger partial charge on any atom is -0.497 e. The Labute approximate surface area is 142 Å². The first-order valence-electron chi connectivity index (χ1n) is 7.94. The Morgan fingerprint density at radius 1 is 1.17 bits per heavy atom. The standard InChI is InChI=1S/C19H23N3O2/c1-19(15-9-4-5-10-16(15)24-3)12-17(19)22-18(20)21-13-7-6-8-14(11-13)23-2/h4-11,17H,12H2,1-3H3,(H3,20,21,22). The number of hydrogen-bond acceptors (Lipinski definition) is 3. The second-order valence-electron chi connectivity index (χ2n) is 6.21. The summed E-state index contributed by atoms with van der Waals surface area (Å²) < 4.78 is 10.7. The van der Waals surface area contributed by atoms with E-state index < -0.39 is 0 Å². The molecule has 0 bridgehead atoms. The third-order valence-corrected chi connectivity index (χ3v) is 4.55. The number of methoxy groups -OCH3 is 2. The van der Waals surface area contributed by atoms with Gasteiger partial charge in [0.1, 0.15) is 11.5 Å². The van der Waals surface area contributed by atoms with Crippen LogP contribution in [0.4, 0.5) is 5.69 Å². The molecule has 0 heterocycles. The van der Waals surface area contributed by atoms with Crippen LogP contribution >= 0.6 is 0 Å². The van der Waals surface area contributed by atoms with E-state index in [0.29, 0.717) is 5.96 Å². The van der Waals surface area contributed by atoms with Crippen LogP contribution in [0.15, 0.2) is 53.5 Å². The highest BCUT2D eigenvalue weighted by molar-refractivity contribution is 5.92. The zero-order valence-corrected chi connectivity index (χ0v) is 14.2. The Bertz CT molecular complexity index is 760. The van der Waals surface area contributed by atoms with E-state index in [4.69, 9.17) is 15.2 Å². The predicted octanol–water partition coefficient (Wildman–Crippen LogP) is 3.16. The predicted molar refractivity (Wildman–Crippen MR) is 97.0 cm³/mol. The van der Waals surface area contributed by atoms with E-state index >= 15 is 0 Å². The van der Waals surface area contributed by atoms with Crippen LogP contribution in [0.25, 0.3) is 0 Å². The molecule has 0 radical (unpaired) electrons. The van der Waals surface area contributed by atoms with Crippen LogP contribution in [0.1, 0.15) is 18.9 Å². The van der Waals surface area contributed by atoms with Gasteiger partial charge in [-0.05, 0) is 24.6 Å². The van der Waals surface area contributed by atoms with Gasteiger partial charge in [-0.25, -0.2) is 4.99 Å². The normalized spacial score (nSPS) is 22.8. The van der Waals surface area contributed by atoms with Gasteiger partial charge in [-0.1, -0.05) is 31.2 Å². The van der Waals surface area contributed by atoms with E-state index in [1.165, 1.54) is 5.56 Å². The van der Waals surface area contributed by atoms with Crippen LogP contribution in [0.2, 0.25) is 0 Å². The molecule has 5 heteroatoms. The summed E-state index contributed by atoms with van der Waals surface area (Å²) in [5, 5.41) is 3.12. The summed E-state index contributed by atoms with van der Waals surface area (Å²) in [5.74, 6) is 2.09. The van der Waals surface area contributed by atoms with Gasteiger partial charge in [0.05, 0.1) is 20.3 Å². The molecule has 2 unspecified atom stereocenters. The smallest absolute Gasteiger partial charge is 0.193 e. The van der Waals surface area contributed by atoms with Gasteiger partial charge in [-0.2, -0.15) is 0 Å². The number of nitrogens with two attached hydrogens (primary N) is 1. The van der Waals surface area contributed by atoms with E-state index in [2.05, 4.69) is 23.3 Å². The largest absolute Gasteiger partial charge is 0.497 e. The molecule has 2 atom stereocenters. The third kappa shape index (κ3) is 3.15. The van der Waals surface area contributed by atoms with E-state index in [1.807, 2.05) is 42.5 Å². The van der Waals surface area contributed by atoms with Gasteiger partial charge < -0.3 is 20.5 Å². The maximum absolute atomic E-state index is 6.07. The van der Waals surface area contributed by atoms with E-state index in [0.717, 1.165) is 23.6 Å². The van der Waals surface area contributed by atoms with Crippen LogP contribution in [-0.2, 0) is 5.41 Å². The number of nitrogens with zero attached hydrogens (tertiary/aromatic N) is 1. The summed E-state index contributed by atoms with van der Waals surface area (Å²) >= 11 is 0. The van der Waals surface area contributed by atoms with Crippen LogP contribution in [0.3, 0.4) is 0 Å². The van der Waals surface area contributed by atoms with Gasteiger partial charge in [-0.15, -0.1) is 0 Å². The van der Waals surface area contributed by atoms with E-state index in [-0.39, 0.29) is 11.5 Å². The lowest BCUT2D eigenvalue weighted by molar-refractivity contribution is 0.405. The number of para-hydroxylation sites is 1. The van der Waals surface area contributed by atoms with Crippen molar-refractivity contribution in [2.24, 2.45) is 10.7 Å². The lowest BCUT2D eigenvalue weighted by Crippen LogP contribution is -2.24. The molecule has 126 valence electrons. The monoisotopic (exact) mass is 325 g/mol. The van der Waals surface area contributed by atoms with Crippen LogP contribution in [0, 0.1) is 0 Å². The zero-order valence-electron chi connectivity index (χ0n) is 14.2. The topological polar surface area (TPSA) is 68.9 Å². The first-order valence-corrected chi connectivity index (χ1v) is 7.94. The zero-order chi connectivity index (χ0) is 17.2. The number of rotatable bonds is 5. The van der Waals surface area contributed by atoms with Crippen molar-refractivity contribution in [1.29, 1.82) is 0 Å². The van der Waals surface area contributed by atoms with Gasteiger partial charge >= 0.3 is 0 Å². The first-order chi connectivity index (χ1) is 11.6. The molecule has 0 saturated heterocycles. The Morgan fingerprint density at radius 2 is 1.96 bits per heavy atom. The summed E-state index contributed by atoms with van der Waals surface area (Å²) in [7, 11) is 3.33. The van der Waals surface area contributed by atoms with Crippen LogP contribution in [0.5, 0.6) is 11.5 Å². The first kappa shape index (κ1) is 16.2. The lowest BCUT2D eigenvalue weighted by Gasteiger charge is -2.15. The highest BCUT2D eigenvalue weighted by atomic mass is 16.5. The van der Waals surface area contributed by atoms with Gasteiger partial charge in [-0.3, -0.25) is 0 Å². The molecule has 3 N–H and O–H groups in total. The minimum atomic E-state index is -0.0344. The molecule has 1 aliphatic carbocycles. The van der Waals surface area contributed by atoms with Crippen LogP contribution in [-0.4, -0.2) is 26.2 Å². The molecule has 5 nitrogen and oxygen atoms in total. The fourth-order valence-electron chi connectivity index (χ4n) is 2.99. The van der Waals surface area contributed by atoms with Crippen molar-refractivity contribution in [1.82, 2.24) is 0 Å². The van der Waals surface area contributed by atoms with Crippen molar-refractivity contribution in [3.8, 4) is 11.5 Å². The number of guanidine groups is 1. The average Bonchev–Trinajstić information content (AvgIpc) is 3.25. The summed E-state index contributed by atoms with van der Waals surface area (Å²) in [4.78, 5) is 4.63. The molecule has 0 aliphatic heterocycles. The highest BCUT2D eigenvalue weighted by Crippen LogP contribution is 2.52. The molecule has 1 saturated carbocycles. The van der Waals surface area contributed by atoms with E-state index in [1.54, 1.807) is 14.2 Å². The van der Waals surface area contributed by atoms with Gasteiger partial charge in [0, 0.05) is 22.7 Å². The van der Waals surface area contributed by atoms with Gasteiger partial charge in [0.25, 0.3) is 0 Å². The molecular formula is C19H23N3O2. The number of ether oxygens (including phenoxy) is 2. The van der Waals surface area contributed by atoms with Crippen molar-refractivity contribution in [3.63, 3.8) is 0 Å². The van der Waals surface area contributed by atoms with Crippen molar-refractivity contribution >= 4 is 11.6 Å². The fourth-order valence-corrected chi connectivity index (χ4v) is 2.99. The van der Waals surface area contributed by atoms with Gasteiger partial charge in [0.2, 0.25) is 0 Å². The average molecular weight is 325 g/mol. The highest BCUT2D eigenvalue weighted by Gasteiger charge is 2.53. The number of hydrogen-bond donors (Lipinski definition) is 2. The maximum atomic E-state index is 6.07. The molecule has 24 heavy (non-hydrogen) atoms. The Balaban J connectivity index is 1.73. The molecule has 3 rings (SSSR count). The van der Waals surface area contributed by atoms with Crippen molar-refractivity contribution in [3.05, 3.63) is 54.1 Å². The van der Waals surface area contributed by atoms with E-state index in [9.17, 15) is 0 Å². The van der Waals surface area contributed by atoms with Gasteiger partial charge in [0.15, 0.2) is 5.96 Å². The molecule has 1 aliphatic rings. The lowest BCUT2D eigenvalue weighted by atomic mass is 9.96. The Kier molecular flexibility index (Phi) is 4.34. The number of nitrogens with one attached hydrogen (secondary N) is 1. The minimum absolute atomic E-state index is 0.0344. The molecule has 0 aromatic heterocycles. The third-order valence-electron chi connectivity index (χ3n) is 4.55. The quantitative estimate of drug-likeness (QED) is 0.654. The van der Waals surface area contributed by atoms with Crippen molar-refractivity contribution in [2.45, 2.75) is 24.8 Å². The molecule has 0 spiro atoms. The van der Waals surface area contributed by atoms with Crippen molar-refractivity contribution in [2.75, 3.05) is 19.5 Å². The van der Waals surface area contributed by atoms with Crippen molar-refractivity contribution < 1.29 is 9.47 Å². The Hall–Kier alpha value is -2.69. The molecule has 0 amide bonds. The SMILES string of the molecule is COc1cccc(NC(N)=NC2CC2(C)c2ccccc2OC)c1. The summed E-state index contributed by atoms with van der Waals surface area (Å²) in [6.45, 7) is 2.19. The van der Waals surface area contributed by atoms with Crippen LogP contribution < -0.4 is 20.5 Å². The number of anilines is 1. The summed E-state index contributed by atoms with van der Waals surface area (Å²) in [5.41, 5.74) is 8.07. The fraction of sp³-hybridized carbons (Fsp3) is 0.316. The second kappa shape index (κ2) is 6.43. The second-order valence-corrected chi connectivity index (χ2v) is 6.21. The molecule has 1 fully saturated rings. The number of aliphatic imine (C=N–C) groups is 1. The molecule has 2 aromatic rings. The molecule has 2 aromatic carbocycles.